The lowest BCUT2D eigenvalue weighted by molar-refractivity contribution is 0.413. The number of methoxy groups -OCH3 is 1. The second-order valence-electron chi connectivity index (χ2n) is 2.39. The number of ether oxygens (including phenoxy) is 1. The second-order valence-corrected chi connectivity index (χ2v) is 3.38. The largest absolute Gasteiger partial charge is 0.495 e. The van der Waals surface area contributed by atoms with Crippen LogP contribution in [0, 0.1) is 11.3 Å². The Morgan fingerprint density at radius 1 is 1.62 bits per heavy atom. The molecule has 4 heteroatoms. The lowest BCUT2D eigenvalue weighted by atomic mass is 10.1. The van der Waals surface area contributed by atoms with Crippen molar-refractivity contribution >= 4 is 27.5 Å². The Morgan fingerprint density at radius 3 is 2.77 bits per heavy atom. The van der Waals surface area contributed by atoms with Crippen molar-refractivity contribution in [1.82, 2.24) is 0 Å². The maximum Gasteiger partial charge on any atom is 0.138 e. The molecule has 0 aliphatic rings. The lowest BCUT2D eigenvalue weighted by Gasteiger charge is -2.06. The van der Waals surface area contributed by atoms with E-state index in [-0.39, 0.29) is 0 Å². The van der Waals surface area contributed by atoms with E-state index in [4.69, 9.17) is 21.6 Å². The molecule has 0 saturated carbocycles. The molecule has 0 aliphatic heterocycles. The van der Waals surface area contributed by atoms with Crippen molar-refractivity contribution in [3.8, 4) is 11.8 Å². The maximum atomic E-state index is 8.86. The Hall–Kier alpha value is -0.720. The Bertz CT molecular complexity index is 334. The van der Waals surface area contributed by atoms with Gasteiger partial charge in [0, 0.05) is 16.4 Å². The highest BCUT2D eigenvalue weighted by Crippen LogP contribution is 2.27. The Labute approximate surface area is 90.2 Å². The molecule has 2 nitrogen and oxygen atoms in total. The summed E-state index contributed by atoms with van der Waals surface area (Å²) in [6, 6.07) is 5.46. The molecular formula is C9H7BrClNO. The first-order valence-electron chi connectivity index (χ1n) is 3.55. The molecule has 68 valence electrons. The number of benzene rings is 1. The predicted molar refractivity (Wildman–Crippen MR) is 55.4 cm³/mol. The fourth-order valence-corrected chi connectivity index (χ4v) is 1.70. The van der Waals surface area contributed by atoms with Gasteiger partial charge in [0.1, 0.15) is 11.8 Å². The van der Waals surface area contributed by atoms with Crippen LogP contribution in [-0.2, 0) is 5.33 Å². The van der Waals surface area contributed by atoms with Gasteiger partial charge >= 0.3 is 0 Å². The molecule has 0 radical (unpaired) electrons. The summed E-state index contributed by atoms with van der Waals surface area (Å²) in [6.45, 7) is 0. The van der Waals surface area contributed by atoms with E-state index in [1.54, 1.807) is 12.1 Å². The van der Waals surface area contributed by atoms with E-state index in [0.29, 0.717) is 21.7 Å². The van der Waals surface area contributed by atoms with E-state index in [1.807, 2.05) is 0 Å². The van der Waals surface area contributed by atoms with Gasteiger partial charge in [-0.05, 0) is 11.6 Å². The average molecular weight is 261 g/mol. The maximum absolute atomic E-state index is 8.86. The zero-order valence-electron chi connectivity index (χ0n) is 6.97. The van der Waals surface area contributed by atoms with Crippen LogP contribution in [0.1, 0.15) is 11.1 Å². The SMILES string of the molecule is COc1cc(Cl)cc(CBr)c1C#N. The van der Waals surface area contributed by atoms with E-state index in [9.17, 15) is 0 Å². The first-order valence-corrected chi connectivity index (χ1v) is 5.05. The zero-order valence-corrected chi connectivity index (χ0v) is 9.32. The van der Waals surface area contributed by atoms with Crippen LogP contribution in [-0.4, -0.2) is 7.11 Å². The van der Waals surface area contributed by atoms with Gasteiger partial charge in [-0.15, -0.1) is 0 Å². The van der Waals surface area contributed by atoms with Gasteiger partial charge in [0.05, 0.1) is 12.7 Å². The summed E-state index contributed by atoms with van der Waals surface area (Å²) >= 11 is 9.11. The fourth-order valence-electron chi connectivity index (χ4n) is 1.03. The number of halogens is 2. The van der Waals surface area contributed by atoms with Gasteiger partial charge in [0.25, 0.3) is 0 Å². The van der Waals surface area contributed by atoms with Gasteiger partial charge in [-0.1, -0.05) is 27.5 Å². The Balaban J connectivity index is 3.36. The molecule has 0 amide bonds. The smallest absolute Gasteiger partial charge is 0.138 e. The van der Waals surface area contributed by atoms with Crippen LogP contribution in [0.4, 0.5) is 0 Å². The summed E-state index contributed by atoms with van der Waals surface area (Å²) in [5.74, 6) is 0.518. The summed E-state index contributed by atoms with van der Waals surface area (Å²) in [7, 11) is 1.52. The average Bonchev–Trinajstić information content (AvgIpc) is 2.16. The first-order chi connectivity index (χ1) is 6.22. The minimum absolute atomic E-state index is 0.518. The number of nitriles is 1. The fraction of sp³-hybridized carbons (Fsp3) is 0.222. The van der Waals surface area contributed by atoms with Crippen LogP contribution in [0.3, 0.4) is 0 Å². The van der Waals surface area contributed by atoms with E-state index >= 15 is 0 Å². The molecule has 0 unspecified atom stereocenters. The molecule has 0 N–H and O–H groups in total. The van der Waals surface area contributed by atoms with Crippen molar-refractivity contribution in [2.75, 3.05) is 7.11 Å². The monoisotopic (exact) mass is 259 g/mol. The van der Waals surface area contributed by atoms with Gasteiger partial charge in [0.15, 0.2) is 0 Å². The molecule has 0 bridgehead atoms. The molecular weight excluding hydrogens is 253 g/mol. The molecule has 1 aromatic carbocycles. The zero-order chi connectivity index (χ0) is 9.84. The standard InChI is InChI=1S/C9H7BrClNO/c1-13-9-3-7(11)2-6(4-10)8(9)5-12/h2-3H,4H2,1H3. The summed E-state index contributed by atoms with van der Waals surface area (Å²) in [4.78, 5) is 0. The van der Waals surface area contributed by atoms with Crippen LogP contribution in [0.2, 0.25) is 5.02 Å². The summed E-state index contributed by atoms with van der Waals surface area (Å²) in [5, 5.41) is 10.0. The molecule has 1 aromatic rings. The van der Waals surface area contributed by atoms with Crippen LogP contribution in [0.15, 0.2) is 12.1 Å². The minimum atomic E-state index is 0.518. The normalized spacial score (nSPS) is 9.38. The summed E-state index contributed by atoms with van der Waals surface area (Å²) in [6.07, 6.45) is 0. The van der Waals surface area contributed by atoms with Crippen LogP contribution in [0.5, 0.6) is 5.75 Å². The number of nitrogens with zero attached hydrogens (tertiary/aromatic N) is 1. The Kier molecular flexibility index (Phi) is 3.58. The van der Waals surface area contributed by atoms with Crippen molar-refractivity contribution in [3.05, 3.63) is 28.3 Å². The molecule has 0 spiro atoms. The number of alkyl halides is 1. The van der Waals surface area contributed by atoms with Gasteiger partial charge in [-0.25, -0.2) is 0 Å². The highest BCUT2D eigenvalue weighted by Gasteiger charge is 2.09. The third-order valence-corrected chi connectivity index (χ3v) is 2.45. The van der Waals surface area contributed by atoms with Crippen molar-refractivity contribution in [3.63, 3.8) is 0 Å². The highest BCUT2D eigenvalue weighted by atomic mass is 79.9. The first kappa shape index (κ1) is 10.4. The third kappa shape index (κ3) is 2.15. The number of hydrogen-bond acceptors (Lipinski definition) is 2. The molecule has 13 heavy (non-hydrogen) atoms. The van der Waals surface area contributed by atoms with Crippen molar-refractivity contribution in [1.29, 1.82) is 5.26 Å². The van der Waals surface area contributed by atoms with Gasteiger partial charge in [0.2, 0.25) is 0 Å². The third-order valence-electron chi connectivity index (χ3n) is 1.62. The molecule has 0 heterocycles. The van der Waals surface area contributed by atoms with Crippen molar-refractivity contribution in [2.24, 2.45) is 0 Å². The quantitative estimate of drug-likeness (QED) is 0.766. The highest BCUT2D eigenvalue weighted by molar-refractivity contribution is 9.08. The Morgan fingerprint density at radius 2 is 2.31 bits per heavy atom. The van der Waals surface area contributed by atoms with Gasteiger partial charge < -0.3 is 4.74 Å². The second kappa shape index (κ2) is 4.50. The van der Waals surface area contributed by atoms with E-state index < -0.39 is 0 Å². The number of hydrogen-bond donors (Lipinski definition) is 0. The molecule has 0 aliphatic carbocycles. The summed E-state index contributed by atoms with van der Waals surface area (Å²) in [5.41, 5.74) is 1.37. The van der Waals surface area contributed by atoms with Crippen LogP contribution >= 0.6 is 27.5 Å². The topological polar surface area (TPSA) is 33.0 Å². The molecule has 0 fully saturated rings. The minimum Gasteiger partial charge on any atom is -0.495 e. The van der Waals surface area contributed by atoms with Gasteiger partial charge in [-0.2, -0.15) is 5.26 Å². The van der Waals surface area contributed by atoms with Crippen LogP contribution in [0.25, 0.3) is 0 Å². The van der Waals surface area contributed by atoms with Crippen LogP contribution < -0.4 is 4.74 Å². The molecule has 0 atom stereocenters. The van der Waals surface area contributed by atoms with Gasteiger partial charge in [-0.3, -0.25) is 0 Å². The summed E-state index contributed by atoms with van der Waals surface area (Å²) < 4.78 is 5.03. The molecule has 0 saturated heterocycles. The van der Waals surface area contributed by atoms with Crippen molar-refractivity contribution < 1.29 is 4.74 Å². The van der Waals surface area contributed by atoms with Crippen molar-refractivity contribution in [2.45, 2.75) is 5.33 Å². The predicted octanol–water partition coefficient (Wildman–Crippen LogP) is 3.12. The lowest BCUT2D eigenvalue weighted by Crippen LogP contribution is -1.92. The number of rotatable bonds is 2. The van der Waals surface area contributed by atoms with E-state index in [1.165, 1.54) is 7.11 Å². The molecule has 1 rings (SSSR count). The van der Waals surface area contributed by atoms with E-state index in [2.05, 4.69) is 22.0 Å². The molecule has 0 aromatic heterocycles. The van der Waals surface area contributed by atoms with E-state index in [0.717, 1.165) is 5.56 Å².